The predicted molar refractivity (Wildman–Crippen MR) is 157 cm³/mol. The van der Waals surface area contributed by atoms with Crippen LogP contribution in [0.3, 0.4) is 0 Å². The first kappa shape index (κ1) is 26.3. The number of carboxylic acids is 1. The second kappa shape index (κ2) is 10.3. The zero-order valence-electron chi connectivity index (χ0n) is 23.0. The van der Waals surface area contributed by atoms with E-state index in [0.29, 0.717) is 17.9 Å². The molecule has 1 aliphatic carbocycles. The molecule has 0 radical (unpaired) electrons. The first-order valence-corrected chi connectivity index (χ1v) is 14.6. The molecular weight excluding hydrogens is 510 g/mol. The number of hydrogen-bond donors (Lipinski definition) is 2. The van der Waals surface area contributed by atoms with Crippen molar-refractivity contribution in [2.45, 2.75) is 58.5 Å². The van der Waals surface area contributed by atoms with E-state index in [1.54, 1.807) is 0 Å². The highest BCUT2D eigenvalue weighted by Gasteiger charge is 2.49. The Morgan fingerprint density at radius 1 is 1.13 bits per heavy atom. The summed E-state index contributed by atoms with van der Waals surface area (Å²) < 4.78 is 0. The van der Waals surface area contributed by atoms with Gasteiger partial charge in [0.15, 0.2) is 0 Å². The van der Waals surface area contributed by atoms with Crippen LogP contribution in [0, 0.1) is 24.2 Å². The maximum absolute atomic E-state index is 11.5. The molecule has 3 aromatic rings. The van der Waals surface area contributed by atoms with Crippen LogP contribution in [0.25, 0.3) is 10.9 Å². The van der Waals surface area contributed by atoms with Gasteiger partial charge < -0.3 is 20.2 Å². The third-order valence-electron chi connectivity index (χ3n) is 9.32. The Labute approximate surface area is 235 Å². The number of likely N-dealkylation sites (tertiary alicyclic amines) is 1. The topological polar surface area (TPSA) is 81.6 Å². The summed E-state index contributed by atoms with van der Waals surface area (Å²) in [6.07, 6.45) is 4.00. The number of aryl methyl sites for hydroxylation is 1. The van der Waals surface area contributed by atoms with Gasteiger partial charge >= 0.3 is 5.97 Å². The Hall–Kier alpha value is -2.90. The average molecular weight is 548 g/mol. The number of nitrogens with zero attached hydrogens (tertiary/aromatic N) is 4. The molecule has 1 saturated carbocycles. The summed E-state index contributed by atoms with van der Waals surface area (Å²) in [6, 6.07) is 14.8. The summed E-state index contributed by atoms with van der Waals surface area (Å²) in [5, 5.41) is 14.9. The van der Waals surface area contributed by atoms with Gasteiger partial charge in [-0.3, -0.25) is 4.79 Å². The van der Waals surface area contributed by atoms with Crippen molar-refractivity contribution in [2.24, 2.45) is 17.3 Å². The summed E-state index contributed by atoms with van der Waals surface area (Å²) in [6.45, 7) is 10.2. The molecule has 3 heterocycles. The summed E-state index contributed by atoms with van der Waals surface area (Å²) in [5.41, 5.74) is 2.59. The average Bonchev–Trinajstić information content (AvgIpc) is 2.86. The number of para-hydroxylation sites is 1. The minimum atomic E-state index is -0.650. The standard InChI is InChI=1S/C31H38ClN5O2/c1-19-10-11-24(26(32)13-19)20(2)33-28-25-8-4-5-9-27(25)34-30(35-28)37-17-22(18-37)21-7-6-12-36(16-21)23-14-31(3,15-23)29(38)39/h4-5,8-11,13,20-23H,6-7,12,14-18H2,1-3H3,(H,38,39)(H,33,34,35)/t20-,21+,23-,31+/m1/s1. The molecule has 0 unspecified atom stereocenters. The number of carbonyl (C=O) groups is 1. The molecular formula is C31H38ClN5O2. The van der Waals surface area contributed by atoms with Gasteiger partial charge in [-0.1, -0.05) is 35.9 Å². The number of aromatic nitrogens is 2. The maximum Gasteiger partial charge on any atom is 0.309 e. The first-order chi connectivity index (χ1) is 18.7. The molecule has 8 heteroatoms. The van der Waals surface area contributed by atoms with E-state index in [2.05, 4.69) is 46.3 Å². The lowest BCUT2D eigenvalue weighted by molar-refractivity contribution is -0.158. The summed E-state index contributed by atoms with van der Waals surface area (Å²) >= 11 is 6.57. The molecule has 2 saturated heterocycles. The fourth-order valence-corrected chi connectivity index (χ4v) is 7.12. The van der Waals surface area contributed by atoms with Crippen LogP contribution in [-0.4, -0.2) is 58.2 Å². The highest BCUT2D eigenvalue weighted by Crippen LogP contribution is 2.45. The molecule has 2 atom stereocenters. The molecule has 2 aliphatic heterocycles. The molecule has 0 spiro atoms. The van der Waals surface area contributed by atoms with Crippen LogP contribution in [0.5, 0.6) is 0 Å². The van der Waals surface area contributed by atoms with E-state index in [-0.39, 0.29) is 6.04 Å². The summed E-state index contributed by atoms with van der Waals surface area (Å²) in [5.74, 6) is 2.23. The lowest BCUT2D eigenvalue weighted by atomic mass is 9.65. The normalized spacial score (nSPS) is 26.6. The smallest absolute Gasteiger partial charge is 0.309 e. The predicted octanol–water partition coefficient (Wildman–Crippen LogP) is 6.17. The van der Waals surface area contributed by atoms with Crippen LogP contribution in [0.4, 0.5) is 11.8 Å². The number of benzene rings is 2. The number of aliphatic carboxylic acids is 1. The summed E-state index contributed by atoms with van der Waals surface area (Å²) in [4.78, 5) is 26.3. The van der Waals surface area contributed by atoms with E-state index in [9.17, 15) is 9.90 Å². The van der Waals surface area contributed by atoms with E-state index in [1.807, 2.05) is 32.0 Å². The van der Waals surface area contributed by atoms with E-state index < -0.39 is 11.4 Å². The molecule has 2 aromatic carbocycles. The zero-order valence-corrected chi connectivity index (χ0v) is 23.8. The summed E-state index contributed by atoms with van der Waals surface area (Å²) in [7, 11) is 0. The Kier molecular flexibility index (Phi) is 6.92. The van der Waals surface area contributed by atoms with Crippen molar-refractivity contribution < 1.29 is 9.90 Å². The number of piperidine rings is 1. The van der Waals surface area contributed by atoms with Gasteiger partial charge in [-0.15, -0.1) is 0 Å². The zero-order chi connectivity index (χ0) is 27.3. The van der Waals surface area contributed by atoms with Crippen LogP contribution in [0.2, 0.25) is 5.02 Å². The van der Waals surface area contributed by atoms with E-state index in [0.717, 1.165) is 77.8 Å². The quantitative estimate of drug-likeness (QED) is 0.366. The third-order valence-corrected chi connectivity index (χ3v) is 9.65. The number of hydrogen-bond acceptors (Lipinski definition) is 6. The molecule has 39 heavy (non-hydrogen) atoms. The number of nitrogens with one attached hydrogen (secondary N) is 1. The van der Waals surface area contributed by atoms with Gasteiger partial charge in [0.05, 0.1) is 17.0 Å². The SMILES string of the molecule is Cc1ccc([C@@H](C)Nc2nc(N3CC([C@H]4CCCN([C@H]5C[C@@](C)(C(=O)O)C5)C4)C3)nc3ccccc23)c(Cl)c1. The molecule has 3 aliphatic rings. The van der Waals surface area contributed by atoms with Crippen LogP contribution in [0.1, 0.15) is 56.7 Å². The van der Waals surface area contributed by atoms with E-state index in [1.165, 1.54) is 12.8 Å². The fraction of sp³-hybridized carbons (Fsp3) is 0.516. The maximum atomic E-state index is 11.5. The van der Waals surface area contributed by atoms with Gasteiger partial charge in [0.1, 0.15) is 5.82 Å². The molecule has 6 rings (SSSR count). The molecule has 1 aromatic heterocycles. The van der Waals surface area contributed by atoms with Gasteiger partial charge in [-0.25, -0.2) is 4.98 Å². The van der Waals surface area contributed by atoms with Crippen molar-refractivity contribution in [3.8, 4) is 0 Å². The Morgan fingerprint density at radius 3 is 2.64 bits per heavy atom. The number of halogens is 1. The number of carboxylic acid groups (broad SMARTS) is 1. The monoisotopic (exact) mass is 547 g/mol. The van der Waals surface area contributed by atoms with Crippen LogP contribution >= 0.6 is 11.6 Å². The molecule has 7 nitrogen and oxygen atoms in total. The van der Waals surface area contributed by atoms with Crippen LogP contribution in [0.15, 0.2) is 42.5 Å². The van der Waals surface area contributed by atoms with Gasteiger partial charge in [-0.2, -0.15) is 4.98 Å². The number of fused-ring (bicyclic) bond motifs is 1. The Balaban J connectivity index is 1.14. The molecule has 2 N–H and O–H groups in total. The van der Waals surface area contributed by atoms with Gasteiger partial charge in [0.25, 0.3) is 0 Å². The second-order valence-corrected chi connectivity index (χ2v) is 12.7. The van der Waals surface area contributed by atoms with Gasteiger partial charge in [0.2, 0.25) is 5.95 Å². The first-order valence-electron chi connectivity index (χ1n) is 14.2. The van der Waals surface area contributed by atoms with E-state index >= 15 is 0 Å². The minimum absolute atomic E-state index is 0.00361. The Bertz CT molecular complexity index is 1380. The fourth-order valence-electron chi connectivity index (χ4n) is 6.73. The van der Waals surface area contributed by atoms with Gasteiger partial charge in [-0.05, 0) is 94.2 Å². The van der Waals surface area contributed by atoms with Crippen molar-refractivity contribution in [3.63, 3.8) is 0 Å². The molecule has 3 fully saturated rings. The lowest BCUT2D eigenvalue weighted by Crippen LogP contribution is -2.58. The highest BCUT2D eigenvalue weighted by molar-refractivity contribution is 6.31. The van der Waals surface area contributed by atoms with Crippen LogP contribution in [-0.2, 0) is 4.79 Å². The van der Waals surface area contributed by atoms with Crippen molar-refractivity contribution in [1.29, 1.82) is 0 Å². The molecule has 0 amide bonds. The van der Waals surface area contributed by atoms with E-state index in [4.69, 9.17) is 21.6 Å². The molecule has 0 bridgehead atoms. The van der Waals surface area contributed by atoms with Crippen LogP contribution < -0.4 is 10.2 Å². The van der Waals surface area contributed by atoms with Crippen molar-refractivity contribution in [2.75, 3.05) is 36.4 Å². The second-order valence-electron chi connectivity index (χ2n) is 12.3. The van der Waals surface area contributed by atoms with Crippen molar-refractivity contribution >= 4 is 40.2 Å². The Morgan fingerprint density at radius 2 is 1.90 bits per heavy atom. The van der Waals surface area contributed by atoms with Gasteiger partial charge in [0, 0.05) is 36.1 Å². The van der Waals surface area contributed by atoms with Crippen molar-refractivity contribution in [3.05, 3.63) is 58.6 Å². The number of anilines is 2. The highest BCUT2D eigenvalue weighted by atomic mass is 35.5. The molecule has 206 valence electrons. The van der Waals surface area contributed by atoms with Crippen molar-refractivity contribution in [1.82, 2.24) is 14.9 Å². The lowest BCUT2D eigenvalue weighted by Gasteiger charge is -2.52. The number of rotatable bonds is 7. The third kappa shape index (κ3) is 5.07. The largest absolute Gasteiger partial charge is 0.481 e. The minimum Gasteiger partial charge on any atom is -0.481 e.